The molecular formula is C16H22N2O3. The van der Waals surface area contributed by atoms with E-state index in [0.717, 1.165) is 38.5 Å². The number of carbonyl (C=O) groups excluding carboxylic acids is 1. The Balaban J connectivity index is 1.80. The van der Waals surface area contributed by atoms with Crippen molar-refractivity contribution in [3.8, 4) is 0 Å². The van der Waals surface area contributed by atoms with Crippen LogP contribution in [0.15, 0.2) is 18.3 Å². The zero-order valence-corrected chi connectivity index (χ0v) is 12.2. The van der Waals surface area contributed by atoms with Gasteiger partial charge in [0, 0.05) is 12.2 Å². The maximum Gasteiger partial charge on any atom is 0.329 e. The summed E-state index contributed by atoms with van der Waals surface area (Å²) >= 11 is 0. The fourth-order valence-corrected chi connectivity index (χ4v) is 3.26. The number of aromatic nitrogens is 1. The van der Waals surface area contributed by atoms with Gasteiger partial charge < -0.3 is 15.0 Å². The number of carboxylic acid groups (broad SMARTS) is 1. The molecule has 0 radical (unpaired) electrons. The van der Waals surface area contributed by atoms with Crippen molar-refractivity contribution < 1.29 is 14.7 Å². The Kier molecular flexibility index (Phi) is 3.74. The molecule has 21 heavy (non-hydrogen) atoms. The molecule has 0 aliphatic heterocycles. The van der Waals surface area contributed by atoms with Crippen LogP contribution in [0.2, 0.25) is 0 Å². The maximum atomic E-state index is 12.6. The van der Waals surface area contributed by atoms with Gasteiger partial charge in [-0.3, -0.25) is 4.79 Å². The van der Waals surface area contributed by atoms with Crippen molar-refractivity contribution in [3.05, 3.63) is 24.0 Å². The Labute approximate surface area is 124 Å². The maximum absolute atomic E-state index is 12.6. The van der Waals surface area contributed by atoms with Crippen LogP contribution >= 0.6 is 0 Å². The van der Waals surface area contributed by atoms with E-state index in [1.165, 1.54) is 0 Å². The summed E-state index contributed by atoms with van der Waals surface area (Å²) in [7, 11) is 0. The van der Waals surface area contributed by atoms with Gasteiger partial charge in [0.1, 0.15) is 11.2 Å². The highest BCUT2D eigenvalue weighted by atomic mass is 16.4. The summed E-state index contributed by atoms with van der Waals surface area (Å²) in [5, 5.41) is 12.5. The molecule has 1 amide bonds. The predicted molar refractivity (Wildman–Crippen MR) is 78.2 cm³/mol. The molecule has 0 spiro atoms. The van der Waals surface area contributed by atoms with Crippen molar-refractivity contribution in [3.63, 3.8) is 0 Å². The number of amides is 1. The Morgan fingerprint density at radius 1 is 1.19 bits per heavy atom. The Hall–Kier alpha value is -1.78. The van der Waals surface area contributed by atoms with Gasteiger partial charge in [0.15, 0.2) is 0 Å². The zero-order valence-electron chi connectivity index (χ0n) is 12.2. The van der Waals surface area contributed by atoms with Gasteiger partial charge in [0.2, 0.25) is 0 Å². The summed E-state index contributed by atoms with van der Waals surface area (Å²) in [5.74, 6) is -1.15. The van der Waals surface area contributed by atoms with Gasteiger partial charge in [0.25, 0.3) is 5.91 Å². The molecular weight excluding hydrogens is 268 g/mol. The highest BCUT2D eigenvalue weighted by Gasteiger charge is 2.41. The van der Waals surface area contributed by atoms with Crippen LogP contribution in [0.4, 0.5) is 0 Å². The first-order valence-corrected chi connectivity index (χ1v) is 7.85. The molecule has 5 heteroatoms. The average molecular weight is 290 g/mol. The molecule has 3 rings (SSSR count). The second-order valence-corrected chi connectivity index (χ2v) is 6.29. The summed E-state index contributed by atoms with van der Waals surface area (Å²) in [5.41, 5.74) is -0.506. The molecule has 1 aromatic heterocycles. The van der Waals surface area contributed by atoms with Gasteiger partial charge in [-0.1, -0.05) is 25.7 Å². The molecule has 1 heterocycles. The molecule has 5 nitrogen and oxygen atoms in total. The van der Waals surface area contributed by atoms with E-state index in [9.17, 15) is 14.7 Å². The third kappa shape index (κ3) is 2.82. The second kappa shape index (κ2) is 5.54. The lowest BCUT2D eigenvalue weighted by atomic mass is 9.90. The molecule has 2 saturated carbocycles. The van der Waals surface area contributed by atoms with E-state index in [-0.39, 0.29) is 5.91 Å². The number of hydrogen-bond acceptors (Lipinski definition) is 2. The number of rotatable bonds is 4. The van der Waals surface area contributed by atoms with Gasteiger partial charge in [-0.25, -0.2) is 4.79 Å². The summed E-state index contributed by atoms with van der Waals surface area (Å²) in [4.78, 5) is 24.3. The first kappa shape index (κ1) is 14.2. The quantitative estimate of drug-likeness (QED) is 0.838. The van der Waals surface area contributed by atoms with Crippen LogP contribution in [0.3, 0.4) is 0 Å². The minimum absolute atomic E-state index is 0.254. The fourth-order valence-electron chi connectivity index (χ4n) is 3.26. The normalized spacial score (nSPS) is 21.5. The largest absolute Gasteiger partial charge is 0.480 e. The van der Waals surface area contributed by atoms with E-state index in [2.05, 4.69) is 5.32 Å². The van der Waals surface area contributed by atoms with Crippen LogP contribution in [-0.2, 0) is 4.79 Å². The van der Waals surface area contributed by atoms with E-state index >= 15 is 0 Å². The standard InChI is InChI=1S/C16H22N2O3/c19-14(13-6-5-11-18(13)12-7-8-12)17-16(15(20)21)9-3-1-2-4-10-16/h5-6,11-12H,1-4,7-10H2,(H,17,19)(H,20,21). The van der Waals surface area contributed by atoms with Crippen molar-refractivity contribution in [1.29, 1.82) is 0 Å². The topological polar surface area (TPSA) is 71.3 Å². The van der Waals surface area contributed by atoms with Crippen LogP contribution < -0.4 is 5.32 Å². The molecule has 0 saturated heterocycles. The lowest BCUT2D eigenvalue weighted by Gasteiger charge is -2.29. The van der Waals surface area contributed by atoms with Crippen LogP contribution in [0.5, 0.6) is 0 Å². The zero-order chi connectivity index (χ0) is 14.9. The molecule has 2 fully saturated rings. The van der Waals surface area contributed by atoms with E-state index in [1.807, 2.05) is 16.8 Å². The predicted octanol–water partition coefficient (Wildman–Crippen LogP) is 2.73. The minimum atomic E-state index is -1.09. The van der Waals surface area contributed by atoms with Gasteiger partial charge in [0.05, 0.1) is 0 Å². The SMILES string of the molecule is O=C(NC1(C(=O)O)CCCCCC1)c1cccn1C1CC1. The average Bonchev–Trinajstić information content (AvgIpc) is 3.23. The lowest BCUT2D eigenvalue weighted by Crippen LogP contribution is -2.54. The number of carboxylic acids is 1. The number of carbonyl (C=O) groups is 2. The first-order chi connectivity index (χ1) is 10.1. The summed E-state index contributed by atoms with van der Waals surface area (Å²) in [6.07, 6.45) is 8.96. The van der Waals surface area contributed by atoms with Crippen LogP contribution in [0.25, 0.3) is 0 Å². The van der Waals surface area contributed by atoms with Gasteiger partial charge >= 0.3 is 5.97 Å². The second-order valence-electron chi connectivity index (χ2n) is 6.29. The van der Waals surface area contributed by atoms with Gasteiger partial charge in [-0.15, -0.1) is 0 Å². The van der Waals surface area contributed by atoms with Gasteiger partial charge in [-0.05, 0) is 37.8 Å². The third-order valence-electron chi connectivity index (χ3n) is 4.67. The summed E-state index contributed by atoms with van der Waals surface area (Å²) in [6, 6.07) is 4.05. The molecule has 0 unspecified atom stereocenters. The Bertz CT molecular complexity index is 537. The number of nitrogens with one attached hydrogen (secondary N) is 1. The van der Waals surface area contributed by atoms with Crippen molar-refractivity contribution >= 4 is 11.9 Å². The smallest absolute Gasteiger partial charge is 0.329 e. The lowest BCUT2D eigenvalue weighted by molar-refractivity contribution is -0.145. The Morgan fingerprint density at radius 2 is 1.86 bits per heavy atom. The van der Waals surface area contributed by atoms with Crippen molar-refractivity contribution in [2.75, 3.05) is 0 Å². The highest BCUT2D eigenvalue weighted by molar-refractivity contribution is 5.96. The highest BCUT2D eigenvalue weighted by Crippen LogP contribution is 2.36. The van der Waals surface area contributed by atoms with Crippen LogP contribution in [0.1, 0.15) is 67.9 Å². The van der Waals surface area contributed by atoms with E-state index in [1.54, 1.807) is 6.07 Å². The molecule has 114 valence electrons. The van der Waals surface area contributed by atoms with Gasteiger partial charge in [-0.2, -0.15) is 0 Å². The Morgan fingerprint density at radius 3 is 2.43 bits per heavy atom. The number of nitrogens with zero attached hydrogens (tertiary/aromatic N) is 1. The number of hydrogen-bond donors (Lipinski definition) is 2. The van der Waals surface area contributed by atoms with Crippen LogP contribution in [0, 0.1) is 0 Å². The molecule has 1 aromatic rings. The molecule has 2 aliphatic carbocycles. The minimum Gasteiger partial charge on any atom is -0.480 e. The van der Waals surface area contributed by atoms with E-state index in [4.69, 9.17) is 0 Å². The molecule has 0 atom stereocenters. The third-order valence-corrected chi connectivity index (χ3v) is 4.67. The number of aliphatic carboxylic acids is 1. The molecule has 2 aliphatic rings. The van der Waals surface area contributed by atoms with E-state index < -0.39 is 11.5 Å². The van der Waals surface area contributed by atoms with Crippen LogP contribution in [-0.4, -0.2) is 27.1 Å². The fraction of sp³-hybridized carbons (Fsp3) is 0.625. The van der Waals surface area contributed by atoms with Crippen molar-refractivity contribution in [2.24, 2.45) is 0 Å². The van der Waals surface area contributed by atoms with E-state index in [0.29, 0.717) is 24.6 Å². The van der Waals surface area contributed by atoms with Crippen molar-refractivity contribution in [2.45, 2.75) is 62.9 Å². The first-order valence-electron chi connectivity index (χ1n) is 7.85. The summed E-state index contributed by atoms with van der Waals surface area (Å²) in [6.45, 7) is 0. The van der Waals surface area contributed by atoms with Crippen molar-refractivity contribution in [1.82, 2.24) is 9.88 Å². The summed E-state index contributed by atoms with van der Waals surface area (Å²) < 4.78 is 1.97. The molecule has 0 bridgehead atoms. The molecule has 2 N–H and O–H groups in total. The molecule has 0 aromatic carbocycles. The monoisotopic (exact) mass is 290 g/mol.